The van der Waals surface area contributed by atoms with Crippen LogP contribution in [0.5, 0.6) is 0 Å². The van der Waals surface area contributed by atoms with Crippen molar-refractivity contribution in [2.24, 2.45) is 0 Å². The van der Waals surface area contributed by atoms with Crippen molar-refractivity contribution in [1.82, 2.24) is 19.5 Å². The number of hydrogen-bond donors (Lipinski definition) is 0. The molecule has 0 N–H and O–H groups in total. The molecule has 0 fully saturated rings. The van der Waals surface area contributed by atoms with E-state index in [2.05, 4.69) is 223 Å². The molecule has 62 heavy (non-hydrogen) atoms. The molecule has 0 unspecified atom stereocenters. The number of para-hydroxylation sites is 2. The maximum absolute atomic E-state index is 5.49. The molecule has 0 bridgehead atoms. The van der Waals surface area contributed by atoms with Crippen LogP contribution in [0.3, 0.4) is 0 Å². The van der Waals surface area contributed by atoms with E-state index in [1.807, 2.05) is 6.07 Å². The molecule has 0 atom stereocenters. The Hall–Kier alpha value is -8.21. The van der Waals surface area contributed by atoms with Crippen LogP contribution in [-0.4, -0.2) is 19.5 Å². The van der Waals surface area contributed by atoms with Crippen LogP contribution in [-0.2, 0) is 0 Å². The summed E-state index contributed by atoms with van der Waals surface area (Å²) < 4.78 is 2.24. The second-order valence-corrected chi connectivity index (χ2v) is 15.9. The summed E-state index contributed by atoms with van der Waals surface area (Å²) in [5.41, 5.74) is 17.1. The molecule has 12 rings (SSSR count). The van der Waals surface area contributed by atoms with Crippen molar-refractivity contribution in [3.8, 4) is 73.2 Å². The maximum atomic E-state index is 5.49. The molecule has 1 aliphatic rings. The van der Waals surface area contributed by atoms with Gasteiger partial charge in [-0.1, -0.05) is 206 Å². The van der Waals surface area contributed by atoms with E-state index < -0.39 is 0 Å². The summed E-state index contributed by atoms with van der Waals surface area (Å²) in [5.74, 6) is 1.80. The minimum Gasteiger partial charge on any atom is -0.277 e. The van der Waals surface area contributed by atoms with Crippen molar-refractivity contribution >= 4 is 21.8 Å². The van der Waals surface area contributed by atoms with E-state index in [9.17, 15) is 0 Å². The first-order chi connectivity index (χ1) is 30.8. The largest absolute Gasteiger partial charge is 0.277 e. The Kier molecular flexibility index (Phi) is 8.53. The Morgan fingerprint density at radius 2 is 0.806 bits per heavy atom. The summed E-state index contributed by atoms with van der Waals surface area (Å²) >= 11 is 0. The van der Waals surface area contributed by atoms with E-state index >= 15 is 0 Å². The summed E-state index contributed by atoms with van der Waals surface area (Å²) in [5, 5.41) is 2.28. The van der Waals surface area contributed by atoms with Gasteiger partial charge in [0.2, 0.25) is 5.95 Å². The number of benzene rings is 9. The van der Waals surface area contributed by atoms with Crippen LogP contribution in [0.2, 0.25) is 0 Å². The fraction of sp³-hybridized carbons (Fsp3) is 0.0172. The van der Waals surface area contributed by atoms with Crippen LogP contribution < -0.4 is 0 Å². The number of aromatic nitrogens is 4. The zero-order chi connectivity index (χ0) is 41.0. The van der Waals surface area contributed by atoms with Crippen molar-refractivity contribution in [2.75, 3.05) is 0 Å². The van der Waals surface area contributed by atoms with Crippen LogP contribution in [0.4, 0.5) is 0 Å². The van der Waals surface area contributed by atoms with E-state index in [1.165, 1.54) is 38.9 Å². The third-order valence-electron chi connectivity index (χ3n) is 12.4. The van der Waals surface area contributed by atoms with Gasteiger partial charge in [-0.05, 0) is 73.8 Å². The lowest BCUT2D eigenvalue weighted by Gasteiger charge is -2.20. The molecule has 4 nitrogen and oxygen atoms in total. The molecule has 290 valence electrons. The minimum atomic E-state index is 0.0201. The molecule has 2 heterocycles. The third kappa shape index (κ3) is 5.95. The highest BCUT2D eigenvalue weighted by molar-refractivity contribution is 6.13. The van der Waals surface area contributed by atoms with Gasteiger partial charge < -0.3 is 0 Å². The molecular weight excluding hydrogens is 753 g/mol. The monoisotopic (exact) mass is 790 g/mol. The highest BCUT2D eigenvalue weighted by Gasteiger charge is 2.32. The predicted octanol–water partition coefficient (Wildman–Crippen LogP) is 14.5. The number of fused-ring (bicyclic) bond motifs is 6. The molecule has 0 amide bonds. The average Bonchev–Trinajstić information content (AvgIpc) is 3.88. The lowest BCUT2D eigenvalue weighted by molar-refractivity contribution is 0.952. The van der Waals surface area contributed by atoms with Gasteiger partial charge in [-0.2, -0.15) is 9.97 Å². The molecule has 0 saturated heterocycles. The molecule has 0 saturated carbocycles. The first-order valence-electron chi connectivity index (χ1n) is 21.1. The molecule has 4 heteroatoms. The van der Waals surface area contributed by atoms with Gasteiger partial charge in [0.25, 0.3) is 0 Å². The molecule has 0 spiro atoms. The summed E-state index contributed by atoms with van der Waals surface area (Å²) in [4.78, 5) is 16.3. The van der Waals surface area contributed by atoms with Gasteiger partial charge in [-0.25, -0.2) is 4.98 Å². The van der Waals surface area contributed by atoms with E-state index in [4.69, 9.17) is 15.0 Å². The summed E-state index contributed by atoms with van der Waals surface area (Å²) in [6.45, 7) is 0. The van der Waals surface area contributed by atoms with E-state index in [1.54, 1.807) is 0 Å². The predicted molar refractivity (Wildman–Crippen MR) is 254 cm³/mol. The van der Waals surface area contributed by atoms with Crippen molar-refractivity contribution in [3.63, 3.8) is 0 Å². The zero-order valence-corrected chi connectivity index (χ0v) is 33.7. The number of rotatable bonds is 7. The highest BCUT2D eigenvalue weighted by atomic mass is 15.2. The summed E-state index contributed by atoms with van der Waals surface area (Å²) in [6, 6.07) is 79.9. The van der Waals surface area contributed by atoms with E-state index in [-0.39, 0.29) is 5.92 Å². The van der Waals surface area contributed by atoms with Gasteiger partial charge in [0.05, 0.1) is 11.0 Å². The fourth-order valence-electron chi connectivity index (χ4n) is 9.58. The van der Waals surface area contributed by atoms with Crippen molar-refractivity contribution < 1.29 is 0 Å². The molecular formula is C58H38N4. The molecule has 2 aromatic heterocycles. The Morgan fingerprint density at radius 1 is 0.306 bits per heavy atom. The van der Waals surface area contributed by atoms with Crippen LogP contribution >= 0.6 is 0 Å². The first kappa shape index (κ1) is 35.7. The second-order valence-electron chi connectivity index (χ2n) is 15.9. The quantitative estimate of drug-likeness (QED) is 0.161. The van der Waals surface area contributed by atoms with E-state index in [0.717, 1.165) is 55.2 Å². The lowest BCUT2D eigenvalue weighted by Crippen LogP contribution is -2.08. The Balaban J connectivity index is 1.14. The minimum absolute atomic E-state index is 0.0201. The van der Waals surface area contributed by atoms with Gasteiger partial charge >= 0.3 is 0 Å². The normalized spacial score (nSPS) is 12.1. The summed E-state index contributed by atoms with van der Waals surface area (Å²) in [7, 11) is 0. The van der Waals surface area contributed by atoms with Gasteiger partial charge in [-0.15, -0.1) is 0 Å². The SMILES string of the molecule is c1ccc(-c2cccc(-c3nc(-c4ccc(-c5ccccc5)c(C5c6ccccc6-c6ccccc65)c4)nc(-n4c5ccccc5c5cccc(-c6ccccc6)c54)n3)c2)cc1. The standard InChI is InChI=1S/C58H38N4/c1-4-18-38(19-5-1)41-24-16-25-42(36-41)56-59-57(61-58(60-56)62-53-33-15-14-28-48(53)51-32-17-31-45(55(51)62)40-22-8-3-9-23-40)43-34-35-44(39-20-6-2-7-21-39)52(37-43)54-49-29-12-10-26-46(49)47-27-11-13-30-50(47)54/h1-37,54H. The second kappa shape index (κ2) is 14.8. The Bertz CT molecular complexity index is 3420. The van der Waals surface area contributed by atoms with Gasteiger partial charge in [-0.3, -0.25) is 4.57 Å². The molecule has 0 radical (unpaired) electrons. The van der Waals surface area contributed by atoms with Crippen molar-refractivity contribution in [2.45, 2.75) is 5.92 Å². The topological polar surface area (TPSA) is 43.6 Å². The third-order valence-corrected chi connectivity index (χ3v) is 12.4. The molecule has 0 aliphatic heterocycles. The number of nitrogens with zero attached hydrogens (tertiary/aromatic N) is 4. The zero-order valence-electron chi connectivity index (χ0n) is 33.7. The lowest BCUT2D eigenvalue weighted by atomic mass is 9.83. The highest BCUT2D eigenvalue weighted by Crippen LogP contribution is 2.50. The fourth-order valence-corrected chi connectivity index (χ4v) is 9.58. The van der Waals surface area contributed by atoms with Crippen LogP contribution in [0, 0.1) is 0 Å². The maximum Gasteiger partial charge on any atom is 0.238 e. The Labute approximate surface area is 360 Å². The van der Waals surface area contributed by atoms with Crippen LogP contribution in [0.15, 0.2) is 224 Å². The van der Waals surface area contributed by atoms with Gasteiger partial charge in [0.15, 0.2) is 11.6 Å². The molecule has 9 aromatic carbocycles. The molecule has 1 aliphatic carbocycles. The van der Waals surface area contributed by atoms with Gasteiger partial charge in [0.1, 0.15) is 0 Å². The van der Waals surface area contributed by atoms with Crippen molar-refractivity contribution in [1.29, 1.82) is 0 Å². The first-order valence-corrected chi connectivity index (χ1v) is 21.1. The van der Waals surface area contributed by atoms with Gasteiger partial charge in [0, 0.05) is 33.4 Å². The molecule has 11 aromatic rings. The average molecular weight is 791 g/mol. The number of hydrogen-bond acceptors (Lipinski definition) is 3. The summed E-state index contributed by atoms with van der Waals surface area (Å²) in [6.07, 6.45) is 0. The smallest absolute Gasteiger partial charge is 0.238 e. The van der Waals surface area contributed by atoms with E-state index in [0.29, 0.717) is 17.6 Å². The van der Waals surface area contributed by atoms with Crippen LogP contribution in [0.1, 0.15) is 22.6 Å². The Morgan fingerprint density at radius 3 is 1.50 bits per heavy atom. The van der Waals surface area contributed by atoms with Crippen LogP contribution in [0.25, 0.3) is 95.0 Å². The van der Waals surface area contributed by atoms with Crippen molar-refractivity contribution in [3.05, 3.63) is 241 Å².